The predicted molar refractivity (Wildman–Crippen MR) is 65.7 cm³/mol. The summed E-state index contributed by atoms with van der Waals surface area (Å²) >= 11 is 3.23. The second-order valence-corrected chi connectivity index (χ2v) is 4.55. The highest BCUT2D eigenvalue weighted by atomic mass is 79.9. The third-order valence-corrected chi connectivity index (χ3v) is 3.51. The van der Waals surface area contributed by atoms with E-state index in [0.29, 0.717) is 21.5 Å². The van der Waals surface area contributed by atoms with Gasteiger partial charge in [0.05, 0.1) is 16.7 Å². The first-order valence-corrected chi connectivity index (χ1v) is 5.73. The number of nitrogens with two attached hydrogens (primary N) is 1. The molecular weight excluding hydrogens is 288 g/mol. The van der Waals surface area contributed by atoms with E-state index in [-0.39, 0.29) is 12.1 Å². The summed E-state index contributed by atoms with van der Waals surface area (Å²) in [5.41, 5.74) is 8.21. The number of pyridine rings is 1. The van der Waals surface area contributed by atoms with Crippen molar-refractivity contribution >= 4 is 21.6 Å². The maximum Gasteiger partial charge on any atom is 0.265 e. The Hall–Kier alpha value is -1.63. The minimum absolute atomic E-state index is 0.154. The highest BCUT2D eigenvalue weighted by Crippen LogP contribution is 2.17. The highest BCUT2D eigenvalue weighted by molar-refractivity contribution is 9.10. The van der Waals surface area contributed by atoms with Gasteiger partial charge >= 0.3 is 0 Å². The van der Waals surface area contributed by atoms with Crippen LogP contribution in [0.1, 0.15) is 17.0 Å². The van der Waals surface area contributed by atoms with Crippen molar-refractivity contribution in [2.75, 3.05) is 5.73 Å². The second-order valence-electron chi connectivity index (χ2n) is 3.75. The van der Waals surface area contributed by atoms with Crippen LogP contribution in [-0.4, -0.2) is 14.9 Å². The van der Waals surface area contributed by atoms with Gasteiger partial charge in [-0.1, -0.05) is 10.3 Å². The zero-order valence-corrected chi connectivity index (χ0v) is 11.0. The lowest BCUT2D eigenvalue weighted by molar-refractivity contribution is 0.300. The van der Waals surface area contributed by atoms with E-state index >= 15 is 0 Å². The van der Waals surface area contributed by atoms with Crippen LogP contribution in [0.4, 0.5) is 5.69 Å². The van der Waals surface area contributed by atoms with Gasteiger partial charge in [-0.2, -0.15) is 0 Å². The van der Waals surface area contributed by atoms with Crippen LogP contribution in [0.25, 0.3) is 0 Å². The summed E-state index contributed by atoms with van der Waals surface area (Å²) in [6.07, 6.45) is 1.59. The van der Waals surface area contributed by atoms with Gasteiger partial charge in [0.2, 0.25) is 0 Å². The molecule has 6 nitrogen and oxygen atoms in total. The molecule has 0 spiro atoms. The maximum atomic E-state index is 12.0. The van der Waals surface area contributed by atoms with Gasteiger partial charge in [0.1, 0.15) is 11.4 Å². The number of rotatable bonds is 2. The number of nitrogens with zero attached hydrogens (tertiary/aromatic N) is 3. The van der Waals surface area contributed by atoms with Crippen LogP contribution >= 0.6 is 15.9 Å². The van der Waals surface area contributed by atoms with Crippen LogP contribution in [0.15, 0.2) is 20.1 Å². The molecule has 2 rings (SSSR count). The molecule has 0 aromatic carbocycles. The second kappa shape index (κ2) is 4.33. The fourth-order valence-electron chi connectivity index (χ4n) is 1.41. The normalized spacial score (nSPS) is 10.8. The fourth-order valence-corrected chi connectivity index (χ4v) is 1.86. The van der Waals surface area contributed by atoms with Crippen LogP contribution in [0.2, 0.25) is 0 Å². The molecule has 0 saturated carbocycles. The molecule has 0 unspecified atom stereocenters. The molecule has 0 aliphatic rings. The van der Waals surface area contributed by atoms with Crippen molar-refractivity contribution in [2.45, 2.75) is 20.4 Å². The molecule has 2 heterocycles. The zero-order chi connectivity index (χ0) is 12.6. The molecule has 2 aromatic rings. The largest absolute Gasteiger partial charge is 0.397 e. The summed E-state index contributed by atoms with van der Waals surface area (Å²) in [5, 5.41) is 7.39. The Labute approximate surface area is 106 Å². The quantitative estimate of drug-likeness (QED) is 0.901. The maximum absolute atomic E-state index is 12.0. The summed E-state index contributed by atoms with van der Waals surface area (Å²) < 4.78 is 6.52. The molecule has 2 N–H and O–H groups in total. The summed E-state index contributed by atoms with van der Waals surface area (Å²) in [6, 6.07) is 0. The first kappa shape index (κ1) is 11.8. The Morgan fingerprint density at radius 3 is 2.76 bits per heavy atom. The van der Waals surface area contributed by atoms with Crippen LogP contribution in [0.3, 0.4) is 0 Å². The Morgan fingerprint density at radius 1 is 1.47 bits per heavy atom. The van der Waals surface area contributed by atoms with Gasteiger partial charge in [0.15, 0.2) is 0 Å². The SMILES string of the molecule is Cc1nonc1Cn1cc(N)c(C)c(Br)c1=O. The van der Waals surface area contributed by atoms with Gasteiger partial charge in [-0.25, -0.2) is 4.63 Å². The van der Waals surface area contributed by atoms with Crippen molar-refractivity contribution in [3.05, 3.63) is 38.0 Å². The van der Waals surface area contributed by atoms with E-state index in [0.717, 1.165) is 5.56 Å². The average molecular weight is 299 g/mol. The zero-order valence-electron chi connectivity index (χ0n) is 9.40. The summed E-state index contributed by atoms with van der Waals surface area (Å²) in [4.78, 5) is 12.0. The molecule has 0 aliphatic carbocycles. The number of aryl methyl sites for hydroxylation is 1. The number of nitrogen functional groups attached to an aromatic ring is 1. The van der Waals surface area contributed by atoms with E-state index in [1.54, 1.807) is 20.0 Å². The standard InChI is InChI=1S/C10H11BrN4O2/c1-5-7(12)3-15(10(16)9(5)11)4-8-6(2)13-17-14-8/h3H,4,12H2,1-2H3. The monoisotopic (exact) mass is 298 g/mol. The van der Waals surface area contributed by atoms with Crippen molar-refractivity contribution in [1.29, 1.82) is 0 Å². The molecule has 0 radical (unpaired) electrons. The summed E-state index contributed by atoms with van der Waals surface area (Å²) in [7, 11) is 0. The van der Waals surface area contributed by atoms with Crippen LogP contribution < -0.4 is 11.3 Å². The van der Waals surface area contributed by atoms with Crippen molar-refractivity contribution in [1.82, 2.24) is 14.9 Å². The predicted octanol–water partition coefficient (Wildman–Crippen LogP) is 1.24. The van der Waals surface area contributed by atoms with E-state index in [2.05, 4.69) is 30.9 Å². The number of hydrogen-bond donors (Lipinski definition) is 1. The van der Waals surface area contributed by atoms with Crippen molar-refractivity contribution in [3.63, 3.8) is 0 Å². The van der Waals surface area contributed by atoms with Crippen molar-refractivity contribution in [3.8, 4) is 0 Å². The minimum Gasteiger partial charge on any atom is -0.397 e. The Morgan fingerprint density at radius 2 is 2.18 bits per heavy atom. The lowest BCUT2D eigenvalue weighted by Gasteiger charge is -2.08. The molecule has 0 fully saturated rings. The molecule has 7 heteroatoms. The molecule has 0 bridgehead atoms. The van der Waals surface area contributed by atoms with Gasteiger partial charge in [0, 0.05) is 6.20 Å². The number of hydrogen-bond acceptors (Lipinski definition) is 5. The Kier molecular flexibility index (Phi) is 3.01. The molecule has 0 atom stereocenters. The van der Waals surface area contributed by atoms with E-state index in [1.807, 2.05) is 0 Å². The fraction of sp³-hybridized carbons (Fsp3) is 0.300. The average Bonchev–Trinajstić information content (AvgIpc) is 2.69. The number of aromatic nitrogens is 3. The number of anilines is 1. The smallest absolute Gasteiger partial charge is 0.265 e. The van der Waals surface area contributed by atoms with Gasteiger partial charge < -0.3 is 10.3 Å². The summed E-state index contributed by atoms with van der Waals surface area (Å²) in [5.74, 6) is 0. The van der Waals surface area contributed by atoms with Crippen molar-refractivity contribution < 1.29 is 4.63 Å². The Balaban J connectivity index is 2.48. The van der Waals surface area contributed by atoms with Gasteiger partial charge in [-0.3, -0.25) is 4.79 Å². The molecular formula is C10H11BrN4O2. The van der Waals surface area contributed by atoms with E-state index in [1.165, 1.54) is 4.57 Å². The molecule has 17 heavy (non-hydrogen) atoms. The topological polar surface area (TPSA) is 86.9 Å². The minimum atomic E-state index is -0.154. The molecule has 90 valence electrons. The van der Waals surface area contributed by atoms with Gasteiger partial charge in [0.25, 0.3) is 5.56 Å². The molecule has 2 aromatic heterocycles. The molecule has 0 saturated heterocycles. The van der Waals surface area contributed by atoms with Gasteiger partial charge in [-0.05, 0) is 35.3 Å². The van der Waals surface area contributed by atoms with Crippen LogP contribution in [-0.2, 0) is 6.54 Å². The summed E-state index contributed by atoms with van der Waals surface area (Å²) in [6.45, 7) is 3.84. The lowest BCUT2D eigenvalue weighted by Crippen LogP contribution is -2.23. The third-order valence-electron chi connectivity index (χ3n) is 2.57. The molecule has 0 amide bonds. The first-order valence-electron chi connectivity index (χ1n) is 4.93. The molecule has 0 aliphatic heterocycles. The van der Waals surface area contributed by atoms with E-state index < -0.39 is 0 Å². The third kappa shape index (κ3) is 2.10. The van der Waals surface area contributed by atoms with E-state index in [4.69, 9.17) is 5.73 Å². The number of halogens is 1. The Bertz CT molecular complexity index is 617. The first-order chi connectivity index (χ1) is 8.00. The highest BCUT2D eigenvalue weighted by Gasteiger charge is 2.11. The van der Waals surface area contributed by atoms with Crippen LogP contribution in [0.5, 0.6) is 0 Å². The lowest BCUT2D eigenvalue weighted by atomic mass is 10.2. The van der Waals surface area contributed by atoms with Crippen LogP contribution in [0, 0.1) is 13.8 Å². The van der Waals surface area contributed by atoms with Crippen molar-refractivity contribution in [2.24, 2.45) is 0 Å². The van der Waals surface area contributed by atoms with E-state index in [9.17, 15) is 4.79 Å². The van der Waals surface area contributed by atoms with Gasteiger partial charge in [-0.15, -0.1) is 0 Å².